The maximum atomic E-state index is 12.0. The molecule has 0 atom stereocenters. The Labute approximate surface area is 87.8 Å². The van der Waals surface area contributed by atoms with Crippen molar-refractivity contribution in [3.63, 3.8) is 0 Å². The quantitative estimate of drug-likeness (QED) is 0.816. The van der Waals surface area contributed by atoms with E-state index in [1.54, 1.807) is 29.6 Å². The number of carbonyl (C=O) groups is 1. The molecule has 0 aliphatic rings. The van der Waals surface area contributed by atoms with Crippen LogP contribution in [0.25, 0.3) is 11.0 Å². The number of halogens is 3. The number of anilines is 1. The summed E-state index contributed by atoms with van der Waals surface area (Å²) in [6, 6.07) is 6.48. The van der Waals surface area contributed by atoms with Crippen LogP contribution in [0.4, 0.5) is 18.9 Å². The lowest BCUT2D eigenvalue weighted by Gasteiger charge is -2.05. The number of para-hydroxylation sites is 1. The van der Waals surface area contributed by atoms with Crippen LogP contribution in [0.15, 0.2) is 34.9 Å². The maximum Gasteiger partial charge on any atom is 0.471 e. The van der Waals surface area contributed by atoms with Gasteiger partial charge in [-0.15, -0.1) is 0 Å². The number of hydrogen-bond acceptors (Lipinski definition) is 2. The Morgan fingerprint density at radius 3 is 2.62 bits per heavy atom. The van der Waals surface area contributed by atoms with Gasteiger partial charge in [0.1, 0.15) is 11.8 Å². The second-order valence-corrected chi connectivity index (χ2v) is 3.10. The van der Waals surface area contributed by atoms with E-state index in [0.29, 0.717) is 11.0 Å². The SMILES string of the molecule is O=C(Nc1coc2ccccc12)C(F)(F)F. The summed E-state index contributed by atoms with van der Waals surface area (Å²) in [5.74, 6) is -2.01. The Kier molecular flexibility index (Phi) is 2.34. The average molecular weight is 229 g/mol. The summed E-state index contributed by atoms with van der Waals surface area (Å²) in [6.07, 6.45) is -3.83. The van der Waals surface area contributed by atoms with E-state index in [2.05, 4.69) is 0 Å². The number of carbonyl (C=O) groups excluding carboxylic acids is 1. The van der Waals surface area contributed by atoms with E-state index in [1.165, 1.54) is 0 Å². The molecule has 0 saturated carbocycles. The van der Waals surface area contributed by atoms with Gasteiger partial charge < -0.3 is 9.73 Å². The van der Waals surface area contributed by atoms with Crippen LogP contribution in [0, 0.1) is 0 Å². The number of rotatable bonds is 1. The number of hydrogen-bond donors (Lipinski definition) is 1. The van der Waals surface area contributed by atoms with Crippen molar-refractivity contribution in [3.05, 3.63) is 30.5 Å². The summed E-state index contributed by atoms with van der Waals surface area (Å²) in [5.41, 5.74) is 0.429. The van der Waals surface area contributed by atoms with E-state index < -0.39 is 12.1 Å². The van der Waals surface area contributed by atoms with Gasteiger partial charge in [0.25, 0.3) is 0 Å². The minimum absolute atomic E-state index is 0.0120. The zero-order chi connectivity index (χ0) is 11.8. The van der Waals surface area contributed by atoms with Crippen LogP contribution < -0.4 is 5.32 Å². The minimum atomic E-state index is -4.90. The van der Waals surface area contributed by atoms with E-state index in [1.807, 2.05) is 0 Å². The molecule has 16 heavy (non-hydrogen) atoms. The number of furan rings is 1. The van der Waals surface area contributed by atoms with Gasteiger partial charge in [0.15, 0.2) is 0 Å². The largest absolute Gasteiger partial charge is 0.471 e. The maximum absolute atomic E-state index is 12.0. The van der Waals surface area contributed by atoms with Crippen molar-refractivity contribution in [2.75, 3.05) is 5.32 Å². The van der Waals surface area contributed by atoms with E-state index in [4.69, 9.17) is 4.42 Å². The molecular formula is C10H6F3NO2. The van der Waals surface area contributed by atoms with Crippen molar-refractivity contribution in [2.24, 2.45) is 0 Å². The smallest absolute Gasteiger partial charge is 0.462 e. The minimum Gasteiger partial charge on any atom is -0.462 e. The van der Waals surface area contributed by atoms with E-state index >= 15 is 0 Å². The summed E-state index contributed by atoms with van der Waals surface area (Å²) < 4.78 is 41.0. The van der Waals surface area contributed by atoms with Crippen LogP contribution in [-0.2, 0) is 4.79 Å². The van der Waals surface area contributed by atoms with Crippen LogP contribution >= 0.6 is 0 Å². The first kappa shape index (κ1) is 10.5. The number of nitrogens with one attached hydrogen (secondary N) is 1. The molecule has 2 rings (SSSR count). The fourth-order valence-electron chi connectivity index (χ4n) is 1.27. The molecule has 84 valence electrons. The third-order valence-electron chi connectivity index (χ3n) is 1.99. The van der Waals surface area contributed by atoms with Gasteiger partial charge in [-0.1, -0.05) is 12.1 Å². The van der Waals surface area contributed by atoms with Crippen LogP contribution in [0.1, 0.15) is 0 Å². The second-order valence-electron chi connectivity index (χ2n) is 3.10. The van der Waals surface area contributed by atoms with Gasteiger partial charge in [-0.25, -0.2) is 0 Å². The molecule has 3 nitrogen and oxygen atoms in total. The molecule has 1 amide bonds. The fourth-order valence-corrected chi connectivity index (χ4v) is 1.27. The second kappa shape index (κ2) is 3.55. The molecule has 1 aromatic heterocycles. The molecule has 1 heterocycles. The van der Waals surface area contributed by atoms with Crippen LogP contribution in [0.2, 0.25) is 0 Å². The first-order valence-electron chi connectivity index (χ1n) is 4.33. The highest BCUT2D eigenvalue weighted by molar-refractivity contribution is 6.02. The number of benzene rings is 1. The highest BCUT2D eigenvalue weighted by Gasteiger charge is 2.39. The summed E-state index contributed by atoms with van der Waals surface area (Å²) in [6.45, 7) is 0. The van der Waals surface area contributed by atoms with Crippen LogP contribution in [0.3, 0.4) is 0 Å². The normalized spacial score (nSPS) is 11.7. The fraction of sp³-hybridized carbons (Fsp3) is 0.100. The van der Waals surface area contributed by atoms with Gasteiger partial charge in [-0.05, 0) is 12.1 Å². The number of amides is 1. The average Bonchev–Trinajstić information content (AvgIpc) is 2.61. The lowest BCUT2D eigenvalue weighted by atomic mass is 10.2. The molecule has 1 aromatic carbocycles. The molecule has 6 heteroatoms. The van der Waals surface area contributed by atoms with Crippen molar-refractivity contribution in [1.29, 1.82) is 0 Å². The molecule has 0 radical (unpaired) electrons. The predicted octanol–water partition coefficient (Wildman–Crippen LogP) is 2.93. The zero-order valence-electron chi connectivity index (χ0n) is 7.84. The molecule has 0 unspecified atom stereocenters. The first-order valence-corrected chi connectivity index (χ1v) is 4.33. The Morgan fingerprint density at radius 1 is 1.25 bits per heavy atom. The molecule has 0 aliphatic heterocycles. The Bertz CT molecular complexity index is 530. The van der Waals surface area contributed by atoms with E-state index in [9.17, 15) is 18.0 Å². The van der Waals surface area contributed by atoms with Crippen LogP contribution in [0.5, 0.6) is 0 Å². The topological polar surface area (TPSA) is 42.2 Å². The van der Waals surface area contributed by atoms with Gasteiger partial charge in [0.2, 0.25) is 0 Å². The van der Waals surface area contributed by atoms with Crippen molar-refractivity contribution in [2.45, 2.75) is 6.18 Å². The van der Waals surface area contributed by atoms with Crippen LogP contribution in [-0.4, -0.2) is 12.1 Å². The molecule has 0 bridgehead atoms. The molecule has 0 spiro atoms. The van der Waals surface area contributed by atoms with Crippen molar-refractivity contribution in [1.82, 2.24) is 0 Å². The monoisotopic (exact) mass is 229 g/mol. The Morgan fingerprint density at radius 2 is 1.94 bits per heavy atom. The van der Waals surface area contributed by atoms with Gasteiger partial charge >= 0.3 is 12.1 Å². The summed E-state index contributed by atoms with van der Waals surface area (Å²) in [4.78, 5) is 10.7. The van der Waals surface area contributed by atoms with E-state index in [-0.39, 0.29) is 5.69 Å². The number of alkyl halides is 3. The van der Waals surface area contributed by atoms with Gasteiger partial charge in [-0.3, -0.25) is 4.79 Å². The summed E-state index contributed by atoms with van der Waals surface area (Å²) in [7, 11) is 0. The lowest BCUT2D eigenvalue weighted by molar-refractivity contribution is -0.167. The zero-order valence-corrected chi connectivity index (χ0v) is 7.84. The van der Waals surface area contributed by atoms with Gasteiger partial charge in [0, 0.05) is 5.39 Å². The van der Waals surface area contributed by atoms with Crippen molar-refractivity contribution >= 4 is 22.6 Å². The molecule has 0 fully saturated rings. The number of fused-ring (bicyclic) bond motifs is 1. The van der Waals surface area contributed by atoms with Crippen molar-refractivity contribution < 1.29 is 22.4 Å². The third-order valence-corrected chi connectivity index (χ3v) is 1.99. The third kappa shape index (κ3) is 1.86. The highest BCUT2D eigenvalue weighted by atomic mass is 19.4. The first-order chi connectivity index (χ1) is 7.48. The standard InChI is InChI=1S/C10H6F3NO2/c11-10(12,13)9(15)14-7-5-16-8-4-2-1-3-6(7)8/h1-5H,(H,14,15). The van der Waals surface area contributed by atoms with E-state index in [0.717, 1.165) is 6.26 Å². The molecule has 0 aliphatic carbocycles. The lowest BCUT2D eigenvalue weighted by Crippen LogP contribution is -2.29. The molecule has 0 saturated heterocycles. The summed E-state index contributed by atoms with van der Waals surface area (Å²) >= 11 is 0. The van der Waals surface area contributed by atoms with Crippen molar-refractivity contribution in [3.8, 4) is 0 Å². The molecule has 1 N–H and O–H groups in total. The molecule has 2 aromatic rings. The van der Waals surface area contributed by atoms with Gasteiger partial charge in [-0.2, -0.15) is 13.2 Å². The van der Waals surface area contributed by atoms with Gasteiger partial charge in [0.05, 0.1) is 5.69 Å². The highest BCUT2D eigenvalue weighted by Crippen LogP contribution is 2.27. The summed E-state index contributed by atoms with van der Waals surface area (Å²) in [5, 5.41) is 2.18. The molecular weight excluding hydrogens is 223 g/mol. The predicted molar refractivity (Wildman–Crippen MR) is 50.9 cm³/mol. The Balaban J connectivity index is 2.32. The Hall–Kier alpha value is -1.98.